The maximum atomic E-state index is 12.3. The Morgan fingerprint density at radius 1 is 1.34 bits per heavy atom. The Balaban J connectivity index is 1.50. The van der Waals surface area contributed by atoms with E-state index in [1.807, 2.05) is 29.3 Å². The topological polar surface area (TPSA) is 110 Å². The van der Waals surface area contributed by atoms with Gasteiger partial charge in [0, 0.05) is 44.0 Å². The van der Waals surface area contributed by atoms with Crippen molar-refractivity contribution in [1.29, 1.82) is 0 Å². The van der Waals surface area contributed by atoms with Crippen molar-refractivity contribution in [3.8, 4) is 0 Å². The first kappa shape index (κ1) is 17.9. The van der Waals surface area contributed by atoms with Gasteiger partial charge in [0.25, 0.3) is 0 Å². The molecular formula is C19H23N7O3. The summed E-state index contributed by atoms with van der Waals surface area (Å²) in [4.78, 5) is 18.9. The number of esters is 1. The molecular weight excluding hydrogens is 374 g/mol. The summed E-state index contributed by atoms with van der Waals surface area (Å²) in [5.41, 5.74) is 1.96. The van der Waals surface area contributed by atoms with Crippen LogP contribution in [0.1, 0.15) is 30.9 Å². The number of methoxy groups -OCH3 is 2. The van der Waals surface area contributed by atoms with Crippen LogP contribution in [0.15, 0.2) is 24.4 Å². The van der Waals surface area contributed by atoms with Crippen LogP contribution in [-0.4, -0.2) is 63.7 Å². The summed E-state index contributed by atoms with van der Waals surface area (Å²) < 4.78 is 12.2. The average Bonchev–Trinajstić information content (AvgIpc) is 3.13. The summed E-state index contributed by atoms with van der Waals surface area (Å²) in [6.07, 6.45) is 4.69. The third-order valence-corrected chi connectivity index (χ3v) is 5.57. The van der Waals surface area contributed by atoms with Gasteiger partial charge in [-0.3, -0.25) is 5.10 Å². The first-order chi connectivity index (χ1) is 14.2. The third-order valence-electron chi connectivity index (χ3n) is 5.57. The number of hydrogen-bond acceptors (Lipinski definition) is 8. The van der Waals surface area contributed by atoms with Gasteiger partial charge in [-0.1, -0.05) is 0 Å². The lowest BCUT2D eigenvalue weighted by Crippen LogP contribution is -2.38. The number of aromatic nitrogens is 5. The Bertz CT molecular complexity index is 1040. The van der Waals surface area contributed by atoms with Crippen LogP contribution < -0.4 is 10.2 Å². The van der Waals surface area contributed by atoms with Gasteiger partial charge in [0.2, 0.25) is 5.95 Å². The van der Waals surface area contributed by atoms with Gasteiger partial charge in [-0.25, -0.2) is 9.31 Å². The molecule has 29 heavy (non-hydrogen) atoms. The van der Waals surface area contributed by atoms with E-state index >= 15 is 0 Å². The molecule has 1 aliphatic heterocycles. The number of fused-ring (bicyclic) bond motifs is 1. The number of rotatable bonds is 6. The van der Waals surface area contributed by atoms with Crippen LogP contribution in [0.3, 0.4) is 0 Å². The van der Waals surface area contributed by atoms with Gasteiger partial charge < -0.3 is 19.7 Å². The van der Waals surface area contributed by atoms with Crippen molar-refractivity contribution in [1.82, 2.24) is 24.8 Å². The molecule has 2 aliphatic rings. The van der Waals surface area contributed by atoms with Gasteiger partial charge in [0.15, 0.2) is 11.6 Å². The lowest BCUT2D eigenvalue weighted by atomic mass is 10.2. The van der Waals surface area contributed by atoms with Crippen molar-refractivity contribution in [2.45, 2.75) is 37.3 Å². The largest absolute Gasteiger partial charge is 0.467 e. The molecule has 2 atom stereocenters. The normalized spacial score (nSPS) is 21.7. The van der Waals surface area contributed by atoms with Gasteiger partial charge >= 0.3 is 5.97 Å². The monoisotopic (exact) mass is 397 g/mol. The lowest BCUT2D eigenvalue weighted by molar-refractivity contribution is -0.142. The predicted octanol–water partition coefficient (Wildman–Crippen LogP) is 1.84. The highest BCUT2D eigenvalue weighted by Gasteiger charge is 2.39. The SMILES string of the molecule is COC(=O)[C@@H]1C[C@@H](OC)CN1c1nc(Nc2cc(C3CC3)[nH]n2)c2cccn2n1. The number of carbonyl (C=O) groups is 1. The Hall–Kier alpha value is -3.14. The molecule has 0 unspecified atom stereocenters. The number of carbonyl (C=O) groups excluding carboxylic acids is 1. The summed E-state index contributed by atoms with van der Waals surface area (Å²) in [7, 11) is 3.03. The molecule has 0 spiro atoms. The summed E-state index contributed by atoms with van der Waals surface area (Å²) in [5, 5.41) is 15.3. The smallest absolute Gasteiger partial charge is 0.328 e. The Morgan fingerprint density at radius 2 is 2.21 bits per heavy atom. The van der Waals surface area contributed by atoms with Crippen LogP contribution in [0, 0.1) is 0 Å². The van der Waals surface area contributed by atoms with E-state index in [1.165, 1.54) is 20.0 Å². The fourth-order valence-corrected chi connectivity index (χ4v) is 3.81. The van der Waals surface area contributed by atoms with Gasteiger partial charge in [-0.2, -0.15) is 10.1 Å². The third kappa shape index (κ3) is 3.29. The van der Waals surface area contributed by atoms with Crippen molar-refractivity contribution in [2.24, 2.45) is 0 Å². The van der Waals surface area contributed by atoms with Gasteiger partial charge in [0.1, 0.15) is 11.6 Å². The number of ether oxygens (including phenoxy) is 2. The van der Waals surface area contributed by atoms with Crippen molar-refractivity contribution in [2.75, 3.05) is 31.0 Å². The molecule has 10 nitrogen and oxygen atoms in total. The van der Waals surface area contributed by atoms with Gasteiger partial charge in [-0.15, -0.1) is 5.10 Å². The van der Waals surface area contributed by atoms with E-state index in [4.69, 9.17) is 14.5 Å². The molecule has 3 aromatic rings. The zero-order valence-electron chi connectivity index (χ0n) is 16.3. The molecule has 2 N–H and O–H groups in total. The molecule has 2 fully saturated rings. The van der Waals surface area contributed by atoms with Crippen LogP contribution in [0.2, 0.25) is 0 Å². The molecule has 152 valence electrons. The van der Waals surface area contributed by atoms with Crippen molar-refractivity contribution in [3.05, 3.63) is 30.1 Å². The zero-order chi connectivity index (χ0) is 20.0. The first-order valence-electron chi connectivity index (χ1n) is 9.71. The maximum absolute atomic E-state index is 12.3. The van der Waals surface area contributed by atoms with Gasteiger partial charge in [-0.05, 0) is 25.0 Å². The highest BCUT2D eigenvalue weighted by molar-refractivity contribution is 5.81. The molecule has 0 bridgehead atoms. The van der Waals surface area contributed by atoms with Crippen LogP contribution in [0.4, 0.5) is 17.6 Å². The van der Waals surface area contributed by atoms with E-state index in [9.17, 15) is 4.79 Å². The standard InChI is InChI=1S/C19H23N7O3/c1-28-12-8-15(18(27)29-2)25(10-12)19-21-17(14-4-3-7-26(14)24-19)20-16-9-13(22-23-16)11-5-6-11/h3-4,7,9,11-12,15H,5-6,8,10H2,1-2H3,(H2,20,21,22,23,24)/t12-,15+/m1/s1. The molecule has 0 aromatic carbocycles. The second kappa shape index (κ2) is 7.03. The molecule has 0 radical (unpaired) electrons. The molecule has 10 heteroatoms. The van der Waals surface area contributed by atoms with Crippen molar-refractivity contribution >= 4 is 29.1 Å². The first-order valence-corrected chi connectivity index (χ1v) is 9.71. The van der Waals surface area contributed by atoms with Crippen LogP contribution in [0.5, 0.6) is 0 Å². The molecule has 1 aliphatic carbocycles. The number of H-pyrrole nitrogens is 1. The van der Waals surface area contributed by atoms with Crippen LogP contribution in [0.25, 0.3) is 5.52 Å². The van der Waals surface area contributed by atoms with Gasteiger partial charge in [0.05, 0.1) is 13.2 Å². The van der Waals surface area contributed by atoms with E-state index in [0.29, 0.717) is 36.5 Å². The number of aromatic amines is 1. The Morgan fingerprint density at radius 3 is 2.97 bits per heavy atom. The highest BCUT2D eigenvalue weighted by Crippen LogP contribution is 2.39. The fourth-order valence-electron chi connectivity index (χ4n) is 3.81. The van der Waals surface area contributed by atoms with Crippen molar-refractivity contribution < 1.29 is 14.3 Å². The molecule has 5 rings (SSSR count). The zero-order valence-corrected chi connectivity index (χ0v) is 16.3. The minimum absolute atomic E-state index is 0.0908. The summed E-state index contributed by atoms with van der Waals surface area (Å²) in [5.74, 6) is 2.03. The van der Waals surface area contributed by atoms with E-state index in [-0.39, 0.29) is 12.1 Å². The lowest BCUT2D eigenvalue weighted by Gasteiger charge is -2.22. The quantitative estimate of drug-likeness (QED) is 0.607. The number of nitrogens with one attached hydrogen (secondary N) is 2. The van der Waals surface area contributed by atoms with E-state index in [2.05, 4.69) is 20.6 Å². The minimum atomic E-state index is -0.488. The van der Waals surface area contributed by atoms with Crippen molar-refractivity contribution in [3.63, 3.8) is 0 Å². The van der Waals surface area contributed by atoms with E-state index in [1.54, 1.807) is 11.6 Å². The molecule has 3 aromatic heterocycles. The molecule has 1 saturated carbocycles. The predicted molar refractivity (Wildman–Crippen MR) is 105 cm³/mol. The fraction of sp³-hybridized carbons (Fsp3) is 0.474. The number of nitrogens with zero attached hydrogens (tertiary/aromatic N) is 5. The minimum Gasteiger partial charge on any atom is -0.467 e. The Labute approximate surface area is 167 Å². The number of anilines is 3. The highest BCUT2D eigenvalue weighted by atomic mass is 16.5. The summed E-state index contributed by atoms with van der Waals surface area (Å²) in [6.45, 7) is 0.511. The molecule has 4 heterocycles. The second-order valence-corrected chi connectivity index (χ2v) is 7.49. The van der Waals surface area contributed by atoms with Crippen LogP contribution in [-0.2, 0) is 14.3 Å². The molecule has 1 saturated heterocycles. The second-order valence-electron chi connectivity index (χ2n) is 7.49. The summed E-state index contributed by atoms with van der Waals surface area (Å²) >= 11 is 0. The molecule has 0 amide bonds. The van der Waals surface area contributed by atoms with E-state index in [0.717, 1.165) is 11.2 Å². The Kier molecular flexibility index (Phi) is 4.35. The van der Waals surface area contributed by atoms with Crippen LogP contribution >= 0.6 is 0 Å². The maximum Gasteiger partial charge on any atom is 0.328 e. The summed E-state index contributed by atoms with van der Waals surface area (Å²) in [6, 6.07) is 5.37. The van der Waals surface area contributed by atoms with E-state index < -0.39 is 6.04 Å². The number of hydrogen-bond donors (Lipinski definition) is 2. The average molecular weight is 397 g/mol.